The fourth-order valence-corrected chi connectivity index (χ4v) is 7.95. The van der Waals surface area contributed by atoms with E-state index in [0.717, 1.165) is 0 Å². The van der Waals surface area contributed by atoms with E-state index in [1.807, 2.05) is 0 Å². The van der Waals surface area contributed by atoms with Gasteiger partial charge in [-0.25, -0.2) is 4.79 Å². The molecule has 1 fully saturated rings. The molecule has 2 heterocycles. The van der Waals surface area contributed by atoms with Crippen molar-refractivity contribution in [3.05, 3.63) is 36.0 Å². The Bertz CT molecular complexity index is 1250. The summed E-state index contributed by atoms with van der Waals surface area (Å²) < 4.78 is 29.9. The maximum Gasteiger partial charge on any atom is 0.331 e. The molecule has 1 N–H and O–H groups in total. The zero-order chi connectivity index (χ0) is 32.9. The lowest BCUT2D eigenvalue weighted by atomic mass is 10.1. The van der Waals surface area contributed by atoms with Crippen LogP contribution in [0.4, 0.5) is 0 Å². The molecule has 242 valence electrons. The first-order valence-electron chi connectivity index (χ1n) is 14.6. The molecule has 1 saturated heterocycles. The summed E-state index contributed by atoms with van der Waals surface area (Å²) in [6.45, 7) is 33.4. The van der Waals surface area contributed by atoms with Gasteiger partial charge >= 0.3 is 5.69 Å². The van der Waals surface area contributed by atoms with E-state index in [-0.39, 0.29) is 15.1 Å². The van der Waals surface area contributed by atoms with Crippen molar-refractivity contribution < 1.29 is 18.0 Å². The lowest BCUT2D eigenvalue weighted by molar-refractivity contribution is -0.0513. The first kappa shape index (κ1) is 38.1. The number of aromatic nitrogens is 2. The highest BCUT2D eigenvalue weighted by Gasteiger charge is 2.55. The third-order valence-electron chi connectivity index (χ3n) is 9.69. The molecule has 42 heavy (non-hydrogen) atoms. The number of ether oxygens (including phenoxy) is 1. The Morgan fingerprint density at radius 2 is 1.31 bits per heavy atom. The standard InChI is InChI=1S/C29H54Br2N2O6Si3/c1-27(2,3)40(10,11)36-18-20-23(38-41(12,13)28(4,5)6)24(39-42(14,15)29(7,8)9)25(37-20)33-19(16-21(30)31)17-22(34)32-26(33)35/h16-17,20,23-25H,18H2,1-15H3,(H,32,34,35)/t20-,23-,24-,25-/m1/s1. The van der Waals surface area contributed by atoms with Crippen LogP contribution in [-0.4, -0.2) is 59.4 Å². The van der Waals surface area contributed by atoms with E-state index in [9.17, 15) is 9.59 Å². The van der Waals surface area contributed by atoms with Gasteiger partial charge in [-0.2, -0.15) is 0 Å². The Labute approximate surface area is 273 Å². The van der Waals surface area contributed by atoms with Crippen molar-refractivity contribution in [2.75, 3.05) is 6.61 Å². The number of nitrogens with one attached hydrogen (secondary N) is 1. The van der Waals surface area contributed by atoms with E-state index in [1.165, 1.54) is 10.6 Å². The zero-order valence-corrected chi connectivity index (χ0v) is 34.5. The second-order valence-corrected chi connectivity index (χ2v) is 33.1. The first-order chi connectivity index (χ1) is 18.6. The van der Waals surface area contributed by atoms with Crippen LogP contribution < -0.4 is 11.2 Å². The average Bonchev–Trinajstić information content (AvgIpc) is 3.04. The van der Waals surface area contributed by atoms with Crippen LogP contribution in [0.2, 0.25) is 54.4 Å². The SMILES string of the molecule is CC(C)(C)[Si](C)(C)OC[C@H]1O[C@@H](n2c(C=C(Br)Br)cc(=O)[nH]c2=O)[C@H](O[Si](C)(C)C(C)(C)C)[C@@H]1O[Si](C)(C)C(C)(C)C. The minimum atomic E-state index is -2.40. The van der Waals surface area contributed by atoms with E-state index in [0.29, 0.717) is 15.7 Å². The summed E-state index contributed by atoms with van der Waals surface area (Å²) in [6.07, 6.45) is -0.768. The van der Waals surface area contributed by atoms with E-state index >= 15 is 0 Å². The molecule has 0 aliphatic carbocycles. The Kier molecular flexibility index (Phi) is 11.7. The maximum absolute atomic E-state index is 13.5. The van der Waals surface area contributed by atoms with Gasteiger partial charge in [0.2, 0.25) is 0 Å². The van der Waals surface area contributed by atoms with Crippen LogP contribution in [0, 0.1) is 0 Å². The third-order valence-corrected chi connectivity index (χ3v) is 23.6. The fraction of sp³-hybridized carbons (Fsp3) is 0.793. The minimum absolute atomic E-state index is 0.00774. The summed E-state index contributed by atoms with van der Waals surface area (Å²) in [4.78, 5) is 28.3. The van der Waals surface area contributed by atoms with Crippen LogP contribution >= 0.6 is 31.9 Å². The molecule has 0 aromatic carbocycles. The number of rotatable bonds is 9. The van der Waals surface area contributed by atoms with Crippen molar-refractivity contribution in [1.29, 1.82) is 0 Å². The molecule has 8 nitrogen and oxygen atoms in total. The van der Waals surface area contributed by atoms with E-state index in [1.54, 1.807) is 6.08 Å². The molecular weight excluding hydrogens is 716 g/mol. The number of H-pyrrole nitrogens is 1. The largest absolute Gasteiger partial charge is 0.414 e. The van der Waals surface area contributed by atoms with Gasteiger partial charge in [0, 0.05) is 6.07 Å². The molecule has 0 radical (unpaired) electrons. The van der Waals surface area contributed by atoms with E-state index < -0.39 is 60.7 Å². The van der Waals surface area contributed by atoms with Crippen molar-refractivity contribution in [1.82, 2.24) is 9.55 Å². The van der Waals surface area contributed by atoms with Crippen LogP contribution in [0.25, 0.3) is 6.08 Å². The highest BCUT2D eigenvalue weighted by molar-refractivity contribution is 9.28. The summed E-state index contributed by atoms with van der Waals surface area (Å²) in [5, 5.41) is -0.165. The van der Waals surface area contributed by atoms with Crippen LogP contribution in [0.3, 0.4) is 0 Å². The third kappa shape index (κ3) is 8.77. The van der Waals surface area contributed by atoms with Gasteiger partial charge in [0.25, 0.3) is 5.56 Å². The number of hydrogen-bond donors (Lipinski definition) is 1. The van der Waals surface area contributed by atoms with Crippen molar-refractivity contribution in [2.45, 2.75) is 141 Å². The quantitative estimate of drug-likeness (QED) is 0.254. The topological polar surface area (TPSA) is 91.8 Å². The van der Waals surface area contributed by atoms with Gasteiger partial charge < -0.3 is 18.0 Å². The van der Waals surface area contributed by atoms with Crippen molar-refractivity contribution in [3.63, 3.8) is 0 Å². The monoisotopic (exact) mass is 768 g/mol. The maximum atomic E-state index is 13.5. The summed E-state index contributed by atoms with van der Waals surface area (Å²) >= 11 is 6.79. The van der Waals surface area contributed by atoms with Crippen LogP contribution in [0.5, 0.6) is 0 Å². The molecule has 1 aliphatic rings. The Morgan fingerprint density at radius 3 is 1.74 bits per heavy atom. The molecular formula is C29H54Br2N2O6Si3. The summed E-state index contributed by atoms with van der Waals surface area (Å²) in [5.41, 5.74) is -0.672. The van der Waals surface area contributed by atoms with Gasteiger partial charge in [-0.15, -0.1) is 0 Å². The number of aromatic amines is 1. The number of hydrogen-bond acceptors (Lipinski definition) is 6. The second-order valence-electron chi connectivity index (χ2n) is 16.0. The predicted octanol–water partition coefficient (Wildman–Crippen LogP) is 8.32. The van der Waals surface area contributed by atoms with Gasteiger partial charge in [-0.3, -0.25) is 14.3 Å². The molecule has 2 rings (SSSR count). The summed E-state index contributed by atoms with van der Waals surface area (Å²) in [6, 6.07) is 1.39. The fourth-order valence-electron chi connectivity index (χ4n) is 3.87. The lowest BCUT2D eigenvalue weighted by Gasteiger charge is -2.44. The molecule has 4 atom stereocenters. The smallest absolute Gasteiger partial charge is 0.331 e. The minimum Gasteiger partial charge on any atom is -0.414 e. The van der Waals surface area contributed by atoms with Gasteiger partial charge in [0.05, 0.1) is 15.7 Å². The molecule has 1 aromatic heterocycles. The highest BCUT2D eigenvalue weighted by Crippen LogP contribution is 2.46. The molecule has 0 spiro atoms. The van der Waals surface area contributed by atoms with E-state index in [4.69, 9.17) is 18.0 Å². The second kappa shape index (κ2) is 12.9. The highest BCUT2D eigenvalue weighted by atomic mass is 79.9. The lowest BCUT2D eigenvalue weighted by Crippen LogP contribution is -2.55. The number of nitrogens with zero attached hydrogens (tertiary/aromatic N) is 1. The van der Waals surface area contributed by atoms with E-state index in [2.05, 4.69) is 138 Å². The zero-order valence-electron chi connectivity index (χ0n) is 28.3. The van der Waals surface area contributed by atoms with Crippen LogP contribution in [-0.2, 0) is 18.0 Å². The number of halogens is 2. The molecule has 0 unspecified atom stereocenters. The van der Waals surface area contributed by atoms with Crippen molar-refractivity contribution in [3.8, 4) is 0 Å². The van der Waals surface area contributed by atoms with Gasteiger partial charge in [0.15, 0.2) is 31.2 Å². The van der Waals surface area contributed by atoms with Gasteiger partial charge in [-0.05, 0) is 92.3 Å². The van der Waals surface area contributed by atoms with Gasteiger partial charge in [0.1, 0.15) is 18.3 Å². The molecule has 0 bridgehead atoms. The van der Waals surface area contributed by atoms with Gasteiger partial charge in [-0.1, -0.05) is 62.3 Å². The Balaban J connectivity index is 2.83. The molecule has 0 amide bonds. The van der Waals surface area contributed by atoms with Crippen molar-refractivity contribution >= 4 is 62.9 Å². The Morgan fingerprint density at radius 1 is 0.857 bits per heavy atom. The predicted molar refractivity (Wildman–Crippen MR) is 188 cm³/mol. The molecule has 1 aromatic rings. The first-order valence-corrected chi connectivity index (χ1v) is 25.0. The Hall–Kier alpha value is -0.129. The normalized spacial score (nSPS) is 22.9. The summed E-state index contributed by atoms with van der Waals surface area (Å²) in [5.74, 6) is 0. The molecule has 0 saturated carbocycles. The molecule has 13 heteroatoms. The summed E-state index contributed by atoms with van der Waals surface area (Å²) in [7, 11) is -6.89. The molecule has 1 aliphatic heterocycles. The van der Waals surface area contributed by atoms with Crippen molar-refractivity contribution in [2.24, 2.45) is 0 Å². The average molecular weight is 771 g/mol. The van der Waals surface area contributed by atoms with Crippen LogP contribution in [0.15, 0.2) is 19.0 Å². The van der Waals surface area contributed by atoms with Crippen LogP contribution in [0.1, 0.15) is 74.2 Å².